The average Bonchev–Trinajstić information content (AvgIpc) is 2.86. The van der Waals surface area contributed by atoms with Crippen LogP contribution < -0.4 is 19.7 Å². The Morgan fingerprint density at radius 3 is 2.38 bits per heavy atom. The van der Waals surface area contributed by atoms with E-state index in [-0.39, 0.29) is 5.57 Å². The van der Waals surface area contributed by atoms with E-state index in [1.807, 2.05) is 51.1 Å². The summed E-state index contributed by atoms with van der Waals surface area (Å²) in [5.41, 5.74) is 4.07. The molecule has 1 aliphatic rings. The molecule has 37 heavy (non-hydrogen) atoms. The number of aryl methyl sites for hydroxylation is 2. The van der Waals surface area contributed by atoms with Gasteiger partial charge >= 0.3 is 6.03 Å². The average molecular weight is 610 g/mol. The van der Waals surface area contributed by atoms with E-state index in [0.29, 0.717) is 36.0 Å². The van der Waals surface area contributed by atoms with E-state index in [1.165, 1.54) is 6.08 Å². The van der Waals surface area contributed by atoms with Gasteiger partial charge in [-0.3, -0.25) is 14.9 Å². The highest BCUT2D eigenvalue weighted by molar-refractivity contribution is 14.1. The van der Waals surface area contributed by atoms with Gasteiger partial charge in [0.1, 0.15) is 12.2 Å². The van der Waals surface area contributed by atoms with E-state index in [2.05, 4.69) is 34.0 Å². The van der Waals surface area contributed by atoms with Gasteiger partial charge in [0.15, 0.2) is 11.5 Å². The number of barbiturate groups is 1. The van der Waals surface area contributed by atoms with E-state index >= 15 is 0 Å². The van der Waals surface area contributed by atoms with Crippen LogP contribution in [0.15, 0.2) is 66.2 Å². The molecule has 8 heteroatoms. The van der Waals surface area contributed by atoms with Crippen molar-refractivity contribution in [2.75, 3.05) is 11.5 Å². The van der Waals surface area contributed by atoms with Gasteiger partial charge < -0.3 is 9.47 Å². The summed E-state index contributed by atoms with van der Waals surface area (Å²) in [5, 5.41) is 2.27. The van der Waals surface area contributed by atoms with Gasteiger partial charge in [-0.15, -0.1) is 0 Å². The molecule has 190 valence electrons. The number of urea groups is 1. The first-order valence-corrected chi connectivity index (χ1v) is 13.0. The third kappa shape index (κ3) is 6.02. The Balaban J connectivity index is 1.65. The van der Waals surface area contributed by atoms with E-state index < -0.39 is 17.8 Å². The molecule has 0 saturated carbocycles. The first kappa shape index (κ1) is 26.4. The molecule has 1 aliphatic heterocycles. The largest absolute Gasteiger partial charge is 0.490 e. The van der Waals surface area contributed by atoms with Crippen LogP contribution in [0.25, 0.3) is 6.08 Å². The summed E-state index contributed by atoms with van der Waals surface area (Å²) >= 11 is 2.14. The molecule has 0 atom stereocenters. The van der Waals surface area contributed by atoms with E-state index in [0.717, 1.165) is 31.6 Å². The predicted octanol–water partition coefficient (Wildman–Crippen LogP) is 5.81. The lowest BCUT2D eigenvalue weighted by Gasteiger charge is -2.26. The van der Waals surface area contributed by atoms with Gasteiger partial charge in [0, 0.05) is 0 Å². The molecule has 0 aliphatic carbocycles. The van der Waals surface area contributed by atoms with E-state index in [4.69, 9.17) is 9.47 Å². The molecule has 3 aromatic rings. The van der Waals surface area contributed by atoms with Crippen LogP contribution in [-0.2, 0) is 22.6 Å². The summed E-state index contributed by atoms with van der Waals surface area (Å²) in [6, 6.07) is 17.9. The van der Waals surface area contributed by atoms with Gasteiger partial charge in [-0.25, -0.2) is 9.69 Å². The van der Waals surface area contributed by atoms with Gasteiger partial charge in [-0.05, 0) is 89.9 Å². The van der Waals surface area contributed by atoms with Crippen LogP contribution in [0.2, 0.25) is 0 Å². The lowest BCUT2D eigenvalue weighted by molar-refractivity contribution is -0.122. The van der Waals surface area contributed by atoms with Crippen molar-refractivity contribution < 1.29 is 23.9 Å². The SMILES string of the molecule is CCOc1cc(/C=C2/C(=O)NC(=O)N(c3ccc(CC)cc3)C2=O)cc(I)c1OCc1cccc(C)c1. The third-order valence-electron chi connectivity index (χ3n) is 5.81. The molecule has 3 aromatic carbocycles. The predicted molar refractivity (Wildman–Crippen MR) is 151 cm³/mol. The Kier molecular flexibility index (Phi) is 8.27. The number of hydrogen-bond donors (Lipinski definition) is 1. The van der Waals surface area contributed by atoms with Crippen LogP contribution in [0, 0.1) is 10.5 Å². The number of halogens is 1. The Morgan fingerprint density at radius 1 is 0.946 bits per heavy atom. The topological polar surface area (TPSA) is 84.9 Å². The van der Waals surface area contributed by atoms with Crippen LogP contribution in [0.5, 0.6) is 11.5 Å². The second-order valence-corrected chi connectivity index (χ2v) is 9.68. The maximum atomic E-state index is 13.3. The second kappa shape index (κ2) is 11.6. The zero-order valence-electron chi connectivity index (χ0n) is 20.8. The standard InChI is InChI=1S/C29H27IN2O5/c1-4-19-9-11-22(12-10-19)32-28(34)23(27(33)31-29(32)35)14-21-15-24(30)26(25(16-21)36-5-2)37-17-20-8-6-7-18(3)13-20/h6-16H,4-5,17H2,1-3H3,(H,31,33,35)/b23-14-. The summed E-state index contributed by atoms with van der Waals surface area (Å²) in [4.78, 5) is 39.4. The van der Waals surface area contributed by atoms with Crippen LogP contribution in [-0.4, -0.2) is 24.5 Å². The summed E-state index contributed by atoms with van der Waals surface area (Å²) in [5.74, 6) is -0.353. The summed E-state index contributed by atoms with van der Waals surface area (Å²) in [6.07, 6.45) is 2.29. The molecular formula is C29H27IN2O5. The van der Waals surface area contributed by atoms with Crippen molar-refractivity contribution >= 4 is 52.2 Å². The van der Waals surface area contributed by atoms with Crippen molar-refractivity contribution in [2.45, 2.75) is 33.8 Å². The molecular weight excluding hydrogens is 583 g/mol. The Hall–Kier alpha value is -3.66. The van der Waals surface area contributed by atoms with Crippen molar-refractivity contribution in [2.24, 2.45) is 0 Å². The minimum atomic E-state index is -0.777. The molecule has 1 N–H and O–H groups in total. The van der Waals surface area contributed by atoms with Gasteiger partial charge in [0.25, 0.3) is 11.8 Å². The fourth-order valence-electron chi connectivity index (χ4n) is 3.97. The number of carbonyl (C=O) groups excluding carboxylic acids is 3. The molecule has 0 aromatic heterocycles. The van der Waals surface area contributed by atoms with Gasteiger partial charge in [-0.1, -0.05) is 48.9 Å². The highest BCUT2D eigenvalue weighted by Gasteiger charge is 2.36. The Bertz CT molecular complexity index is 1380. The molecule has 0 bridgehead atoms. The van der Waals surface area contributed by atoms with Crippen molar-refractivity contribution in [3.63, 3.8) is 0 Å². The van der Waals surface area contributed by atoms with Crippen LogP contribution in [0.1, 0.15) is 36.1 Å². The molecule has 1 fully saturated rings. The summed E-state index contributed by atoms with van der Waals surface area (Å²) < 4.78 is 12.7. The molecule has 0 spiro atoms. The maximum absolute atomic E-state index is 13.3. The lowest BCUT2D eigenvalue weighted by atomic mass is 10.1. The monoisotopic (exact) mass is 610 g/mol. The van der Waals surface area contributed by atoms with E-state index in [9.17, 15) is 14.4 Å². The number of carbonyl (C=O) groups is 3. The fraction of sp³-hybridized carbons (Fsp3) is 0.207. The van der Waals surface area contributed by atoms with Gasteiger partial charge in [0.05, 0.1) is 15.9 Å². The number of nitrogens with one attached hydrogen (secondary N) is 1. The number of amides is 4. The number of ether oxygens (including phenoxy) is 2. The summed E-state index contributed by atoms with van der Waals surface area (Å²) in [6.45, 7) is 6.69. The molecule has 0 radical (unpaired) electrons. The summed E-state index contributed by atoms with van der Waals surface area (Å²) in [7, 11) is 0. The second-order valence-electron chi connectivity index (χ2n) is 8.52. The number of anilines is 1. The third-order valence-corrected chi connectivity index (χ3v) is 6.61. The highest BCUT2D eigenvalue weighted by Crippen LogP contribution is 2.36. The lowest BCUT2D eigenvalue weighted by Crippen LogP contribution is -2.54. The zero-order chi connectivity index (χ0) is 26.5. The van der Waals surface area contributed by atoms with Crippen molar-refractivity contribution in [1.29, 1.82) is 0 Å². The minimum absolute atomic E-state index is 0.147. The number of rotatable bonds is 8. The first-order chi connectivity index (χ1) is 17.8. The highest BCUT2D eigenvalue weighted by atomic mass is 127. The first-order valence-electron chi connectivity index (χ1n) is 12.0. The molecule has 1 heterocycles. The minimum Gasteiger partial charge on any atom is -0.490 e. The molecule has 7 nitrogen and oxygen atoms in total. The van der Waals surface area contributed by atoms with Gasteiger partial charge in [0.2, 0.25) is 0 Å². The van der Waals surface area contributed by atoms with Crippen LogP contribution in [0.4, 0.5) is 10.5 Å². The molecule has 4 rings (SSSR count). The fourth-order valence-corrected chi connectivity index (χ4v) is 4.75. The Morgan fingerprint density at radius 2 is 1.70 bits per heavy atom. The quantitative estimate of drug-likeness (QED) is 0.198. The normalized spacial score (nSPS) is 14.6. The molecule has 0 unspecified atom stereocenters. The van der Waals surface area contributed by atoms with Crippen LogP contribution in [0.3, 0.4) is 0 Å². The van der Waals surface area contributed by atoms with Crippen molar-refractivity contribution in [3.8, 4) is 11.5 Å². The van der Waals surface area contributed by atoms with Crippen molar-refractivity contribution in [1.82, 2.24) is 5.32 Å². The number of benzene rings is 3. The van der Waals surface area contributed by atoms with Gasteiger partial charge in [-0.2, -0.15) is 0 Å². The smallest absolute Gasteiger partial charge is 0.335 e. The number of hydrogen-bond acceptors (Lipinski definition) is 5. The van der Waals surface area contributed by atoms with Crippen molar-refractivity contribution in [3.05, 3.63) is 92.1 Å². The molecule has 4 amide bonds. The Labute approximate surface area is 229 Å². The molecule has 1 saturated heterocycles. The number of imide groups is 2. The number of nitrogens with zero attached hydrogens (tertiary/aromatic N) is 1. The maximum Gasteiger partial charge on any atom is 0.335 e. The van der Waals surface area contributed by atoms with E-state index in [1.54, 1.807) is 24.3 Å². The van der Waals surface area contributed by atoms with Crippen LogP contribution >= 0.6 is 22.6 Å². The zero-order valence-corrected chi connectivity index (χ0v) is 23.0.